The highest BCUT2D eigenvalue weighted by molar-refractivity contribution is 5.79. The number of carbonyl (C=O) groups is 1. The van der Waals surface area contributed by atoms with Gasteiger partial charge in [-0.05, 0) is 41.5 Å². The van der Waals surface area contributed by atoms with Crippen molar-refractivity contribution in [1.29, 1.82) is 0 Å². The Bertz CT molecular complexity index is 1170. The molecule has 0 fully saturated rings. The van der Waals surface area contributed by atoms with Gasteiger partial charge in [0.05, 0.1) is 7.11 Å². The number of aromatic nitrogens is 2. The van der Waals surface area contributed by atoms with Gasteiger partial charge in [-0.15, -0.1) is 0 Å². The number of esters is 1. The highest BCUT2D eigenvalue weighted by atomic mass is 16.5. The number of benzene rings is 3. The van der Waals surface area contributed by atoms with Crippen LogP contribution in [0.1, 0.15) is 11.1 Å². The number of rotatable bonds is 9. The van der Waals surface area contributed by atoms with Crippen LogP contribution in [0, 0.1) is 0 Å². The Morgan fingerprint density at radius 1 is 0.879 bits per heavy atom. The Morgan fingerprint density at radius 2 is 1.55 bits per heavy atom. The summed E-state index contributed by atoms with van der Waals surface area (Å²) >= 11 is 0. The maximum Gasteiger partial charge on any atom is 0.328 e. The summed E-state index contributed by atoms with van der Waals surface area (Å²) in [5.41, 5.74) is 2.99. The van der Waals surface area contributed by atoms with Crippen molar-refractivity contribution in [3.63, 3.8) is 0 Å². The molecule has 6 nitrogen and oxygen atoms in total. The fourth-order valence-electron chi connectivity index (χ4n) is 3.38. The molecular weight excluding hydrogens is 414 g/mol. The van der Waals surface area contributed by atoms with Gasteiger partial charge in [0.2, 0.25) is 0 Å². The monoisotopic (exact) mass is 439 g/mol. The van der Waals surface area contributed by atoms with Crippen LogP contribution in [0.5, 0.6) is 5.75 Å². The molecule has 33 heavy (non-hydrogen) atoms. The van der Waals surface area contributed by atoms with E-state index in [0.717, 1.165) is 22.4 Å². The molecule has 1 unspecified atom stereocenters. The topological polar surface area (TPSA) is 73.3 Å². The second kappa shape index (κ2) is 10.9. The molecule has 0 aliphatic carbocycles. The number of nitrogens with one attached hydrogen (secondary N) is 1. The summed E-state index contributed by atoms with van der Waals surface area (Å²) in [6.45, 7) is 0.506. The van der Waals surface area contributed by atoms with E-state index in [0.29, 0.717) is 24.7 Å². The van der Waals surface area contributed by atoms with E-state index in [2.05, 4.69) is 15.3 Å². The van der Waals surface area contributed by atoms with E-state index in [1.165, 1.54) is 7.11 Å². The van der Waals surface area contributed by atoms with Gasteiger partial charge in [0, 0.05) is 18.2 Å². The Kier molecular flexibility index (Phi) is 7.28. The predicted octanol–water partition coefficient (Wildman–Crippen LogP) is 4.92. The zero-order chi connectivity index (χ0) is 22.9. The van der Waals surface area contributed by atoms with E-state index in [9.17, 15) is 4.79 Å². The average molecular weight is 440 g/mol. The summed E-state index contributed by atoms with van der Waals surface area (Å²) in [5.74, 6) is 1.53. The van der Waals surface area contributed by atoms with Crippen LogP contribution in [-0.4, -0.2) is 29.1 Å². The minimum Gasteiger partial charge on any atom is -0.489 e. The highest BCUT2D eigenvalue weighted by Crippen LogP contribution is 2.21. The first-order valence-corrected chi connectivity index (χ1v) is 10.7. The van der Waals surface area contributed by atoms with Crippen molar-refractivity contribution >= 4 is 11.8 Å². The zero-order valence-corrected chi connectivity index (χ0v) is 18.3. The van der Waals surface area contributed by atoms with E-state index >= 15 is 0 Å². The number of nitrogens with zero attached hydrogens (tertiary/aromatic N) is 2. The first-order valence-electron chi connectivity index (χ1n) is 10.7. The third-order valence-corrected chi connectivity index (χ3v) is 5.11. The summed E-state index contributed by atoms with van der Waals surface area (Å²) < 4.78 is 10.8. The summed E-state index contributed by atoms with van der Waals surface area (Å²) in [6, 6.07) is 28.6. The van der Waals surface area contributed by atoms with E-state index in [1.807, 2.05) is 84.9 Å². The molecule has 6 heteroatoms. The van der Waals surface area contributed by atoms with Crippen LogP contribution >= 0.6 is 0 Å². The second-order valence-electron chi connectivity index (χ2n) is 7.47. The molecule has 0 aliphatic heterocycles. The molecule has 1 N–H and O–H groups in total. The van der Waals surface area contributed by atoms with Crippen LogP contribution in [0.15, 0.2) is 97.2 Å². The summed E-state index contributed by atoms with van der Waals surface area (Å²) in [6.07, 6.45) is 2.15. The highest BCUT2D eigenvalue weighted by Gasteiger charge is 2.20. The Morgan fingerprint density at radius 3 is 2.21 bits per heavy atom. The first kappa shape index (κ1) is 22.0. The number of methoxy groups -OCH3 is 1. The van der Waals surface area contributed by atoms with E-state index in [-0.39, 0.29) is 5.97 Å². The lowest BCUT2D eigenvalue weighted by molar-refractivity contribution is -0.141. The maximum absolute atomic E-state index is 12.3. The molecule has 1 aromatic heterocycles. The Labute approximate surface area is 193 Å². The zero-order valence-electron chi connectivity index (χ0n) is 18.3. The Hall–Kier alpha value is -4.19. The normalized spacial score (nSPS) is 11.4. The van der Waals surface area contributed by atoms with Crippen molar-refractivity contribution in [1.82, 2.24) is 9.97 Å². The van der Waals surface area contributed by atoms with Gasteiger partial charge in [-0.1, -0.05) is 60.7 Å². The van der Waals surface area contributed by atoms with Gasteiger partial charge in [-0.2, -0.15) is 0 Å². The first-order chi connectivity index (χ1) is 16.2. The van der Waals surface area contributed by atoms with Crippen LogP contribution in [0.25, 0.3) is 11.4 Å². The van der Waals surface area contributed by atoms with Crippen LogP contribution < -0.4 is 10.1 Å². The molecule has 0 aliphatic rings. The molecule has 0 bridgehead atoms. The molecule has 0 amide bonds. The summed E-state index contributed by atoms with van der Waals surface area (Å²) in [5, 5.41) is 3.19. The van der Waals surface area contributed by atoms with E-state index < -0.39 is 6.04 Å². The SMILES string of the molecule is COC(=O)C(Cc1ccccc1)Nc1ccnc(-c2ccc(OCc3ccccc3)cc2)n1. The van der Waals surface area contributed by atoms with Crippen LogP contribution in [0.2, 0.25) is 0 Å². The number of hydrogen-bond acceptors (Lipinski definition) is 6. The average Bonchev–Trinajstić information content (AvgIpc) is 2.88. The molecule has 166 valence electrons. The quantitative estimate of drug-likeness (QED) is 0.373. The lowest BCUT2D eigenvalue weighted by Crippen LogP contribution is -2.33. The van der Waals surface area contributed by atoms with E-state index in [1.54, 1.807) is 12.3 Å². The second-order valence-corrected chi connectivity index (χ2v) is 7.47. The lowest BCUT2D eigenvalue weighted by atomic mass is 10.1. The molecule has 3 aromatic carbocycles. The van der Waals surface area contributed by atoms with Gasteiger partial charge >= 0.3 is 5.97 Å². The van der Waals surface area contributed by atoms with Gasteiger partial charge in [0.15, 0.2) is 5.82 Å². The molecule has 0 spiro atoms. The molecule has 1 heterocycles. The number of carbonyl (C=O) groups excluding carboxylic acids is 1. The number of ether oxygens (including phenoxy) is 2. The number of hydrogen-bond donors (Lipinski definition) is 1. The van der Waals surface area contributed by atoms with Gasteiger partial charge in [0.25, 0.3) is 0 Å². The molecule has 0 saturated heterocycles. The van der Waals surface area contributed by atoms with Gasteiger partial charge in [0.1, 0.15) is 24.2 Å². The van der Waals surface area contributed by atoms with Crippen molar-refractivity contribution in [2.75, 3.05) is 12.4 Å². The van der Waals surface area contributed by atoms with Gasteiger partial charge < -0.3 is 14.8 Å². The number of anilines is 1. The molecule has 4 aromatic rings. The Balaban J connectivity index is 1.44. The van der Waals surface area contributed by atoms with Crippen LogP contribution in [0.3, 0.4) is 0 Å². The van der Waals surface area contributed by atoms with Crippen molar-refractivity contribution < 1.29 is 14.3 Å². The van der Waals surface area contributed by atoms with Crippen molar-refractivity contribution in [2.24, 2.45) is 0 Å². The fraction of sp³-hybridized carbons (Fsp3) is 0.148. The van der Waals surface area contributed by atoms with Crippen molar-refractivity contribution in [2.45, 2.75) is 19.1 Å². The van der Waals surface area contributed by atoms with Crippen molar-refractivity contribution in [3.8, 4) is 17.1 Å². The smallest absolute Gasteiger partial charge is 0.328 e. The summed E-state index contributed by atoms with van der Waals surface area (Å²) in [7, 11) is 1.38. The van der Waals surface area contributed by atoms with Crippen LogP contribution in [0.4, 0.5) is 5.82 Å². The minimum absolute atomic E-state index is 0.348. The third kappa shape index (κ3) is 6.17. The molecule has 0 radical (unpaired) electrons. The van der Waals surface area contributed by atoms with Crippen molar-refractivity contribution in [3.05, 3.63) is 108 Å². The molecule has 4 rings (SSSR count). The summed E-state index contributed by atoms with van der Waals surface area (Å²) in [4.78, 5) is 21.3. The van der Waals surface area contributed by atoms with E-state index in [4.69, 9.17) is 9.47 Å². The van der Waals surface area contributed by atoms with Gasteiger partial charge in [-0.25, -0.2) is 14.8 Å². The fourth-order valence-corrected chi connectivity index (χ4v) is 3.38. The van der Waals surface area contributed by atoms with Gasteiger partial charge in [-0.3, -0.25) is 0 Å². The minimum atomic E-state index is -0.561. The molecule has 1 atom stereocenters. The van der Waals surface area contributed by atoms with Crippen LogP contribution in [-0.2, 0) is 22.6 Å². The lowest BCUT2D eigenvalue weighted by Gasteiger charge is -2.17. The maximum atomic E-state index is 12.3. The third-order valence-electron chi connectivity index (χ3n) is 5.11. The largest absolute Gasteiger partial charge is 0.489 e. The molecule has 0 saturated carbocycles. The predicted molar refractivity (Wildman–Crippen MR) is 128 cm³/mol. The standard InChI is InChI=1S/C27H25N3O3/c1-32-27(31)24(18-20-8-4-2-5-9-20)29-25-16-17-28-26(30-25)22-12-14-23(15-13-22)33-19-21-10-6-3-7-11-21/h2-17,24H,18-19H2,1H3,(H,28,29,30). The molecular formula is C27H25N3O3.